The Morgan fingerprint density at radius 3 is 1.10 bits per heavy atom. The van der Waals surface area contributed by atoms with Crippen LogP contribution in [0.3, 0.4) is 0 Å². The number of aliphatic hydroxyl groups excluding tert-OH is 2. The first-order valence-corrected chi connectivity index (χ1v) is 43.6. The van der Waals surface area contributed by atoms with Crippen molar-refractivity contribution in [3.05, 3.63) is 156 Å². The summed E-state index contributed by atoms with van der Waals surface area (Å²) in [5.74, 6) is -3.79. The lowest BCUT2D eigenvalue weighted by atomic mass is 10.1. The fraction of sp³-hybridized carbons (Fsp3) is 0.419. The number of carboxylic acids is 2. The standard InChI is InChI=1S/2C25H27ClFN6O13P3.2C6H15N/c2*26-25-30-21(28)19-22(31-25)33(13-29-19)23-18(27)20(34)17(43-23)12-42-48(38,39)46-49(40,41)45-47(37,44-15-9-5-2-6-10-15)32-16(24(35)36)11-14-7-3-1-4-8-14;2*1-4-7(5-2)6-3/h2*1-10,13,16-18,20,23,34H,11-12H2,(H,32,37)(H,35,36)(H,38,39)(H,40,41)(H2,28,30,31);2*4-6H2,1-3H3/t2*16?,17-,18+,20-,23-,47?;;/m11../s1. The zero-order valence-electron chi connectivity index (χ0n) is 60.3. The van der Waals surface area contributed by atoms with Gasteiger partial charge in [-0.15, -0.1) is 0 Å². The number of aromatic nitrogens is 8. The van der Waals surface area contributed by atoms with Crippen molar-refractivity contribution in [1.82, 2.24) is 59.0 Å². The van der Waals surface area contributed by atoms with Crippen molar-refractivity contribution < 1.29 is 131 Å². The average Bonchev–Trinajstić information content (AvgIpc) is 1.58. The molecule has 8 unspecified atom stereocenters. The fourth-order valence-electron chi connectivity index (χ4n) is 10.4. The molecule has 0 spiro atoms. The molecule has 4 aromatic carbocycles. The summed E-state index contributed by atoms with van der Waals surface area (Å²) < 4.78 is 160. The number of nitrogens with two attached hydrogens (primary N) is 2. The number of para-hydroxylation sites is 2. The van der Waals surface area contributed by atoms with Crippen LogP contribution in [0, 0.1) is 0 Å². The number of aliphatic hydroxyl groups is 2. The summed E-state index contributed by atoms with van der Waals surface area (Å²) >= 11 is 11.7. The number of rotatable bonds is 36. The molecular formula is C62H84Cl2F2N14O26P6. The molecule has 40 nitrogen and oxygen atoms in total. The summed E-state index contributed by atoms with van der Waals surface area (Å²) in [6, 6.07) is 26.5. The molecule has 0 bridgehead atoms. The Bertz CT molecular complexity index is 4390. The molecule has 10 rings (SSSR count). The number of nitrogens with zero attached hydrogens (tertiary/aromatic N) is 10. The highest BCUT2D eigenvalue weighted by atomic mass is 35.5. The van der Waals surface area contributed by atoms with Crippen molar-refractivity contribution in [3.63, 3.8) is 0 Å². The van der Waals surface area contributed by atoms with Crippen LogP contribution >= 0.6 is 70.0 Å². The summed E-state index contributed by atoms with van der Waals surface area (Å²) in [4.78, 5) is 93.3. The van der Waals surface area contributed by atoms with Gasteiger partial charge in [-0.05, 0) is 111 Å². The molecule has 50 heteroatoms. The molecule has 0 aliphatic carbocycles. The lowest BCUT2D eigenvalue weighted by molar-refractivity contribution is -0.140. The van der Waals surface area contributed by atoms with Crippen LogP contribution in [0.4, 0.5) is 20.4 Å². The number of hydrogen-bond donors (Lipinski definition) is 12. The molecule has 6 heterocycles. The lowest BCUT2D eigenvalue weighted by Gasteiger charge is -2.25. The quantitative estimate of drug-likeness (QED) is 0.0128. The third-order valence-corrected chi connectivity index (χ3v) is 26.1. The molecule has 2 saturated heterocycles. The van der Waals surface area contributed by atoms with Gasteiger partial charge in [0.25, 0.3) is 0 Å². The molecule has 0 amide bonds. The highest BCUT2D eigenvalue weighted by Gasteiger charge is 2.52. The van der Waals surface area contributed by atoms with E-state index in [4.69, 9.17) is 53.2 Å². The van der Waals surface area contributed by atoms with Crippen molar-refractivity contribution >= 4 is 116 Å². The number of phosphoric ester groups is 2. The average molecular weight is 1740 g/mol. The number of fused-ring (bicyclic) bond motifs is 2. The van der Waals surface area contributed by atoms with Gasteiger partial charge in [0, 0.05) is 0 Å². The Labute approximate surface area is 649 Å². The van der Waals surface area contributed by atoms with Crippen LogP contribution in [-0.2, 0) is 85.6 Å². The highest BCUT2D eigenvalue weighted by Crippen LogP contribution is 2.69. The predicted molar refractivity (Wildman–Crippen MR) is 400 cm³/mol. The topological polar surface area (TPSA) is 560 Å². The first kappa shape index (κ1) is 92.4. The molecule has 16 atom stereocenters. The van der Waals surface area contributed by atoms with Gasteiger partial charge in [0.2, 0.25) is 10.6 Å². The monoisotopic (exact) mass is 1730 g/mol. The van der Waals surface area contributed by atoms with Gasteiger partial charge in [0.05, 0.1) is 25.9 Å². The van der Waals surface area contributed by atoms with Crippen LogP contribution < -0.4 is 30.7 Å². The van der Waals surface area contributed by atoms with E-state index in [-0.39, 0.29) is 68.9 Å². The van der Waals surface area contributed by atoms with Crippen molar-refractivity contribution in [2.45, 2.75) is 116 Å². The smallest absolute Gasteiger partial charge is 0.480 e. The molecule has 8 aromatic rings. The van der Waals surface area contributed by atoms with Crippen LogP contribution in [0.5, 0.6) is 11.5 Å². The second kappa shape index (κ2) is 41.7. The van der Waals surface area contributed by atoms with Crippen LogP contribution in [0.2, 0.25) is 10.6 Å². The Balaban J connectivity index is 0.000000265. The molecule has 14 N–H and O–H groups in total. The first-order chi connectivity index (χ1) is 52.8. The fourth-order valence-corrected chi connectivity index (χ4v) is 19.6. The second-order valence-electron chi connectivity index (χ2n) is 23.7. The van der Waals surface area contributed by atoms with Gasteiger partial charge in [-0.1, -0.05) is 139 Å². The number of aliphatic carboxylic acids is 2. The number of alkyl halides is 2. The number of phosphoric acid groups is 4. The summed E-state index contributed by atoms with van der Waals surface area (Å²) in [5.41, 5.74) is 12.4. The number of halogens is 4. The van der Waals surface area contributed by atoms with Crippen LogP contribution in [-0.4, -0.2) is 202 Å². The maximum atomic E-state index is 15.1. The van der Waals surface area contributed by atoms with Gasteiger partial charge in [-0.3, -0.25) is 27.8 Å². The minimum absolute atomic E-state index is 0.0408. The molecule has 2 aliphatic rings. The van der Waals surface area contributed by atoms with Crippen LogP contribution in [0.15, 0.2) is 134 Å². The molecule has 0 saturated carbocycles. The minimum atomic E-state index is -5.93. The normalized spacial score (nSPS) is 22.0. The number of imidazole rings is 2. The van der Waals surface area contributed by atoms with E-state index in [0.717, 1.165) is 21.8 Å². The highest BCUT2D eigenvalue weighted by molar-refractivity contribution is 7.68. The Morgan fingerprint density at radius 2 is 0.812 bits per heavy atom. The zero-order valence-corrected chi connectivity index (χ0v) is 67.2. The van der Waals surface area contributed by atoms with Gasteiger partial charge >= 0.3 is 58.7 Å². The van der Waals surface area contributed by atoms with E-state index in [1.165, 1.54) is 87.8 Å². The zero-order chi connectivity index (χ0) is 82.5. The van der Waals surface area contributed by atoms with Crippen molar-refractivity contribution in [1.29, 1.82) is 0 Å². The van der Waals surface area contributed by atoms with Crippen LogP contribution in [0.25, 0.3) is 22.3 Å². The Hall–Kier alpha value is -6.78. The molecule has 2 fully saturated rings. The van der Waals surface area contributed by atoms with Gasteiger partial charge in [0.1, 0.15) is 59.0 Å². The van der Waals surface area contributed by atoms with Crippen molar-refractivity contribution in [3.8, 4) is 11.5 Å². The van der Waals surface area contributed by atoms with E-state index in [0.29, 0.717) is 11.1 Å². The van der Waals surface area contributed by atoms with Gasteiger partial charge in [0.15, 0.2) is 47.7 Å². The number of carboxylic acid groups (broad SMARTS) is 2. The molecule has 2 aliphatic heterocycles. The van der Waals surface area contributed by atoms with Gasteiger partial charge < -0.3 is 79.8 Å². The first-order valence-electron chi connectivity index (χ1n) is 33.7. The van der Waals surface area contributed by atoms with E-state index < -0.39 is 133 Å². The Kier molecular flexibility index (Phi) is 34.4. The van der Waals surface area contributed by atoms with Crippen molar-refractivity contribution in [2.75, 3.05) is 63.9 Å². The molecular weight excluding hydrogens is 1650 g/mol. The number of hydrogen-bond acceptors (Lipinski definition) is 30. The van der Waals surface area contributed by atoms with Gasteiger partial charge in [-0.2, -0.15) is 47.4 Å². The van der Waals surface area contributed by atoms with E-state index in [2.05, 4.69) is 118 Å². The van der Waals surface area contributed by atoms with Crippen LogP contribution in [0.1, 0.15) is 65.1 Å². The maximum absolute atomic E-state index is 15.1. The second-order valence-corrected chi connectivity index (χ2v) is 34.1. The van der Waals surface area contributed by atoms with Crippen molar-refractivity contribution in [2.24, 2.45) is 0 Å². The van der Waals surface area contributed by atoms with E-state index in [1.807, 2.05) is 0 Å². The number of anilines is 2. The number of nitrogens with one attached hydrogen (secondary N) is 2. The third-order valence-electron chi connectivity index (χ3n) is 16.0. The molecule has 0 radical (unpaired) electrons. The number of nitrogen functional groups attached to an aromatic ring is 2. The molecule has 112 heavy (non-hydrogen) atoms. The maximum Gasteiger partial charge on any atom is 0.490 e. The molecule has 616 valence electrons. The van der Waals surface area contributed by atoms with E-state index in [9.17, 15) is 77.0 Å². The number of benzene rings is 4. The summed E-state index contributed by atoms with van der Waals surface area (Å²) in [7, 11) is -33.6. The van der Waals surface area contributed by atoms with Gasteiger partial charge in [-0.25, -0.2) is 46.1 Å². The lowest BCUT2D eigenvalue weighted by Crippen LogP contribution is -2.38. The van der Waals surface area contributed by atoms with E-state index >= 15 is 8.78 Å². The largest absolute Gasteiger partial charge is 0.490 e. The van der Waals surface area contributed by atoms with E-state index in [1.54, 1.807) is 72.8 Å². The third kappa shape index (κ3) is 27.2. The minimum Gasteiger partial charge on any atom is -0.480 e. The number of ether oxygens (including phenoxy) is 2. The summed E-state index contributed by atoms with van der Waals surface area (Å²) in [5, 5.41) is 43.9. The number of carbonyl (C=O) groups is 2. The molecule has 4 aromatic heterocycles. The Morgan fingerprint density at radius 1 is 0.509 bits per heavy atom. The summed E-state index contributed by atoms with van der Waals surface area (Å²) in [6.45, 7) is 18.1. The predicted octanol–water partition coefficient (Wildman–Crippen LogP) is 9.46. The summed E-state index contributed by atoms with van der Waals surface area (Å²) in [6.07, 6.45) is -13.3. The SMILES string of the molecule is CCN(CC)CC.CCN(CC)CC.Nc1nc(Cl)nc2c1ncn2[C@@H]1O[C@H](COP(=O)(O)OP(=O)(O)OP(=O)(NC(Cc2ccccc2)C(=O)O)Oc2ccccc2)[C@@H](O)[C@@H]1F.Nc1nc(Cl)nc2c1ncn2[C@@H]1O[C@H](COP(=O)(O)OP(=O)(O)OP(=O)(NC(Cc2ccccc2)C(=O)O)Oc2ccccc2)[C@@H](O)[C@@H]1F.